The number of morpholine rings is 1. The summed E-state index contributed by atoms with van der Waals surface area (Å²) in [4.78, 5) is 39.1. The second kappa shape index (κ2) is 10.2. The van der Waals surface area contributed by atoms with E-state index in [2.05, 4.69) is 10.2 Å². The number of nitrogens with one attached hydrogen (secondary N) is 1. The molecule has 0 aromatic heterocycles. The first-order chi connectivity index (χ1) is 16.0. The van der Waals surface area contributed by atoms with Crippen molar-refractivity contribution in [2.45, 2.75) is 0 Å². The number of carbonyl (C=O) groups is 2. The molecule has 0 radical (unpaired) electrons. The zero-order chi connectivity index (χ0) is 23.2. The van der Waals surface area contributed by atoms with Crippen molar-refractivity contribution in [3.8, 4) is 5.75 Å². The fraction of sp³-hybridized carbons (Fsp3) is 0.304. The summed E-state index contributed by atoms with van der Waals surface area (Å²) >= 11 is 0. The highest BCUT2D eigenvalue weighted by Crippen LogP contribution is 2.34. The molecule has 4 rings (SSSR count). The van der Waals surface area contributed by atoms with Crippen molar-refractivity contribution in [3.63, 3.8) is 0 Å². The first-order valence-corrected chi connectivity index (χ1v) is 10.6. The van der Waals surface area contributed by atoms with E-state index in [1.54, 1.807) is 41.3 Å². The third-order valence-corrected chi connectivity index (χ3v) is 5.44. The Labute approximate surface area is 190 Å². The molecule has 2 aliphatic heterocycles. The minimum atomic E-state index is -0.477. The molecule has 0 bridgehead atoms. The summed E-state index contributed by atoms with van der Waals surface area (Å²) in [5.74, 6) is 0.101. The van der Waals surface area contributed by atoms with Crippen LogP contribution in [0.1, 0.15) is 5.56 Å². The maximum absolute atomic E-state index is 12.5. The molecule has 1 saturated heterocycles. The summed E-state index contributed by atoms with van der Waals surface area (Å²) in [7, 11) is 0. The Bertz CT molecular complexity index is 1060. The molecule has 0 spiro atoms. The number of benzene rings is 2. The summed E-state index contributed by atoms with van der Waals surface area (Å²) in [6, 6.07) is 11.1. The third kappa shape index (κ3) is 5.73. The number of ether oxygens (including phenoxy) is 2. The lowest BCUT2D eigenvalue weighted by Crippen LogP contribution is -2.45. The second-order valence-electron chi connectivity index (χ2n) is 7.64. The molecule has 0 atom stereocenters. The zero-order valence-corrected chi connectivity index (χ0v) is 17.9. The summed E-state index contributed by atoms with van der Waals surface area (Å²) in [5, 5.41) is 13.5. The maximum Gasteiger partial charge on any atom is 0.269 e. The summed E-state index contributed by atoms with van der Waals surface area (Å²) in [5.41, 5.74) is 1.80. The van der Waals surface area contributed by atoms with Crippen molar-refractivity contribution in [1.82, 2.24) is 4.90 Å². The second-order valence-corrected chi connectivity index (χ2v) is 7.64. The molecule has 2 heterocycles. The predicted molar refractivity (Wildman–Crippen MR) is 122 cm³/mol. The molecule has 0 saturated carbocycles. The van der Waals surface area contributed by atoms with Crippen molar-refractivity contribution in [2.24, 2.45) is 0 Å². The molecular weight excluding hydrogens is 428 g/mol. The highest BCUT2D eigenvalue weighted by atomic mass is 16.6. The molecule has 10 nitrogen and oxygen atoms in total. The predicted octanol–water partition coefficient (Wildman–Crippen LogP) is 2.30. The van der Waals surface area contributed by atoms with Crippen LogP contribution in [0.25, 0.3) is 6.08 Å². The number of non-ortho nitro benzene ring substituents is 1. The Balaban J connectivity index is 1.41. The average Bonchev–Trinajstić information content (AvgIpc) is 2.83. The molecule has 1 N–H and O–H groups in total. The summed E-state index contributed by atoms with van der Waals surface area (Å²) in [6.45, 7) is 4.29. The molecule has 1 fully saturated rings. The van der Waals surface area contributed by atoms with Crippen molar-refractivity contribution in [3.05, 3.63) is 64.2 Å². The molecule has 0 aliphatic carbocycles. The molecule has 33 heavy (non-hydrogen) atoms. The lowest BCUT2D eigenvalue weighted by Gasteiger charge is -2.33. The Morgan fingerprint density at radius 3 is 2.61 bits per heavy atom. The van der Waals surface area contributed by atoms with Gasteiger partial charge in [0.15, 0.2) is 6.61 Å². The fourth-order valence-corrected chi connectivity index (χ4v) is 3.65. The van der Waals surface area contributed by atoms with Gasteiger partial charge in [-0.2, -0.15) is 0 Å². The van der Waals surface area contributed by atoms with Crippen LogP contribution in [0.5, 0.6) is 5.75 Å². The van der Waals surface area contributed by atoms with E-state index < -0.39 is 4.92 Å². The third-order valence-electron chi connectivity index (χ3n) is 5.44. The monoisotopic (exact) mass is 452 g/mol. The van der Waals surface area contributed by atoms with Gasteiger partial charge in [0.05, 0.1) is 23.8 Å². The van der Waals surface area contributed by atoms with Crippen LogP contribution in [0.2, 0.25) is 0 Å². The molecular formula is C23H24N4O6. The number of amides is 2. The smallest absolute Gasteiger partial charge is 0.269 e. The van der Waals surface area contributed by atoms with Gasteiger partial charge in [-0.3, -0.25) is 24.6 Å². The van der Waals surface area contributed by atoms with Crippen molar-refractivity contribution in [1.29, 1.82) is 0 Å². The lowest BCUT2D eigenvalue weighted by atomic mass is 10.2. The molecule has 2 amide bonds. The SMILES string of the molecule is O=C(/C=C/c1ccc([N+](=O)[O-])cc1)Nc1ccc2c(c1)N(CCN1CCOCC1)C(=O)CO2. The number of nitrogens with zero attached hydrogens (tertiary/aromatic N) is 3. The lowest BCUT2D eigenvalue weighted by molar-refractivity contribution is -0.384. The quantitative estimate of drug-likeness (QED) is 0.389. The molecule has 172 valence electrons. The maximum atomic E-state index is 12.5. The number of nitro groups is 1. The van der Waals surface area contributed by atoms with Crippen LogP contribution in [0.4, 0.5) is 17.1 Å². The van der Waals surface area contributed by atoms with Crippen molar-refractivity contribution < 1.29 is 24.0 Å². The fourth-order valence-electron chi connectivity index (χ4n) is 3.65. The van der Waals surface area contributed by atoms with Crippen LogP contribution in [0.15, 0.2) is 48.5 Å². The van der Waals surface area contributed by atoms with E-state index in [1.165, 1.54) is 18.2 Å². The van der Waals surface area contributed by atoms with E-state index in [0.29, 0.717) is 42.4 Å². The van der Waals surface area contributed by atoms with Crippen LogP contribution in [-0.4, -0.2) is 67.6 Å². The number of nitro benzene ring substituents is 1. The number of fused-ring (bicyclic) bond motifs is 1. The first kappa shape index (κ1) is 22.4. The van der Waals surface area contributed by atoms with Gasteiger partial charge >= 0.3 is 0 Å². The van der Waals surface area contributed by atoms with Crippen LogP contribution in [0.3, 0.4) is 0 Å². The van der Waals surface area contributed by atoms with E-state index in [0.717, 1.165) is 19.6 Å². The number of hydrogen-bond acceptors (Lipinski definition) is 7. The number of anilines is 2. The molecule has 2 aromatic rings. The van der Waals surface area contributed by atoms with E-state index in [4.69, 9.17) is 9.47 Å². The first-order valence-electron chi connectivity index (χ1n) is 10.6. The van der Waals surface area contributed by atoms with Gasteiger partial charge in [-0.05, 0) is 42.0 Å². The van der Waals surface area contributed by atoms with Crippen LogP contribution in [0, 0.1) is 10.1 Å². The van der Waals surface area contributed by atoms with Crippen molar-refractivity contribution >= 4 is 35.0 Å². The molecule has 0 unspecified atom stereocenters. The number of hydrogen-bond donors (Lipinski definition) is 1. The Morgan fingerprint density at radius 1 is 1.12 bits per heavy atom. The zero-order valence-electron chi connectivity index (χ0n) is 17.9. The van der Waals surface area contributed by atoms with E-state index >= 15 is 0 Å². The van der Waals surface area contributed by atoms with E-state index in [1.807, 2.05) is 0 Å². The highest BCUT2D eigenvalue weighted by molar-refractivity contribution is 6.03. The van der Waals surface area contributed by atoms with Crippen LogP contribution in [-0.2, 0) is 14.3 Å². The number of rotatable bonds is 7. The van der Waals surface area contributed by atoms with E-state index in [9.17, 15) is 19.7 Å². The van der Waals surface area contributed by atoms with Gasteiger partial charge in [-0.25, -0.2) is 0 Å². The van der Waals surface area contributed by atoms with Gasteiger partial charge in [-0.1, -0.05) is 0 Å². The molecule has 2 aliphatic rings. The molecule has 10 heteroatoms. The van der Waals surface area contributed by atoms with Crippen LogP contribution >= 0.6 is 0 Å². The van der Waals surface area contributed by atoms with Crippen LogP contribution < -0.4 is 15.0 Å². The topological polar surface area (TPSA) is 114 Å². The number of carbonyl (C=O) groups excluding carboxylic acids is 2. The minimum Gasteiger partial charge on any atom is -0.482 e. The highest BCUT2D eigenvalue weighted by Gasteiger charge is 2.26. The van der Waals surface area contributed by atoms with Gasteiger partial charge in [0.25, 0.3) is 11.6 Å². The van der Waals surface area contributed by atoms with Gasteiger partial charge < -0.3 is 19.7 Å². The molecule has 2 aromatic carbocycles. The van der Waals surface area contributed by atoms with Gasteiger partial charge in [-0.15, -0.1) is 0 Å². The average molecular weight is 452 g/mol. The largest absolute Gasteiger partial charge is 0.482 e. The summed E-state index contributed by atoms with van der Waals surface area (Å²) in [6.07, 6.45) is 2.91. The van der Waals surface area contributed by atoms with E-state index in [-0.39, 0.29) is 24.1 Å². The minimum absolute atomic E-state index is 0.0133. The van der Waals surface area contributed by atoms with Gasteiger partial charge in [0, 0.05) is 50.1 Å². The van der Waals surface area contributed by atoms with Gasteiger partial charge in [0.2, 0.25) is 5.91 Å². The Kier molecular flexibility index (Phi) is 6.96. The standard InChI is InChI=1S/C23H24N4O6/c28-22(8-3-17-1-5-19(6-2-17)27(30)31)24-18-4-7-21-20(15-18)26(23(29)16-33-21)10-9-25-11-13-32-14-12-25/h1-8,15H,9-14,16H2,(H,24,28)/b8-3+. The Hall–Kier alpha value is -3.76. The Morgan fingerprint density at radius 2 is 1.88 bits per heavy atom. The summed E-state index contributed by atoms with van der Waals surface area (Å²) < 4.78 is 10.9. The van der Waals surface area contributed by atoms with Gasteiger partial charge in [0.1, 0.15) is 5.75 Å². The normalized spacial score (nSPS) is 16.4. The van der Waals surface area contributed by atoms with Crippen molar-refractivity contribution in [2.75, 3.05) is 56.2 Å².